The second kappa shape index (κ2) is 9.52. The summed E-state index contributed by atoms with van der Waals surface area (Å²) in [5.41, 5.74) is 0. The van der Waals surface area contributed by atoms with Gasteiger partial charge in [0.05, 0.1) is 6.61 Å². The monoisotopic (exact) mass is 153 g/mol. The summed E-state index contributed by atoms with van der Waals surface area (Å²) in [7, 11) is 1.70. The molecule has 63 valence electrons. The van der Waals surface area contributed by atoms with Gasteiger partial charge in [-0.2, -0.15) is 0 Å². The fourth-order valence-electron chi connectivity index (χ4n) is 0.720. The highest BCUT2D eigenvalue weighted by atomic mass is 16.5. The SMILES string of the molecule is [CH2]CCCCC#CCCOC. The van der Waals surface area contributed by atoms with Gasteiger partial charge in [-0.1, -0.05) is 19.8 Å². The Morgan fingerprint density at radius 2 is 1.91 bits per heavy atom. The maximum absolute atomic E-state index is 4.86. The largest absolute Gasteiger partial charge is 0.384 e. The van der Waals surface area contributed by atoms with Crippen LogP contribution >= 0.6 is 0 Å². The minimum atomic E-state index is 0.752. The van der Waals surface area contributed by atoms with Gasteiger partial charge in [0.25, 0.3) is 0 Å². The molecule has 0 saturated heterocycles. The minimum absolute atomic E-state index is 0.752. The van der Waals surface area contributed by atoms with Crippen LogP contribution in [0.5, 0.6) is 0 Å². The fraction of sp³-hybridized carbons (Fsp3) is 0.700. The summed E-state index contributed by atoms with van der Waals surface area (Å²) in [5, 5.41) is 0. The molecule has 0 amide bonds. The van der Waals surface area contributed by atoms with E-state index < -0.39 is 0 Å². The van der Waals surface area contributed by atoms with E-state index in [9.17, 15) is 0 Å². The molecule has 0 saturated carbocycles. The Morgan fingerprint density at radius 1 is 1.18 bits per heavy atom. The summed E-state index contributed by atoms with van der Waals surface area (Å²) < 4.78 is 4.86. The zero-order valence-corrected chi connectivity index (χ0v) is 7.36. The van der Waals surface area contributed by atoms with Crippen molar-refractivity contribution in [2.24, 2.45) is 0 Å². The van der Waals surface area contributed by atoms with Crippen LogP contribution in [0, 0.1) is 18.8 Å². The lowest BCUT2D eigenvalue weighted by Crippen LogP contribution is -1.83. The fourth-order valence-corrected chi connectivity index (χ4v) is 0.720. The Hall–Kier alpha value is -0.480. The highest BCUT2D eigenvalue weighted by Gasteiger charge is 1.80. The maximum Gasteiger partial charge on any atom is 0.0571 e. The molecule has 0 bridgehead atoms. The average molecular weight is 153 g/mol. The number of ether oxygens (including phenoxy) is 1. The minimum Gasteiger partial charge on any atom is -0.384 e. The van der Waals surface area contributed by atoms with E-state index in [4.69, 9.17) is 4.74 Å². The predicted octanol–water partition coefficient (Wildman–Crippen LogP) is 2.42. The molecule has 0 fully saturated rings. The van der Waals surface area contributed by atoms with Crippen LogP contribution in [-0.4, -0.2) is 13.7 Å². The van der Waals surface area contributed by atoms with Gasteiger partial charge in [0.1, 0.15) is 0 Å². The first-order chi connectivity index (χ1) is 5.41. The zero-order valence-electron chi connectivity index (χ0n) is 7.36. The summed E-state index contributed by atoms with van der Waals surface area (Å²) in [6, 6.07) is 0. The number of hydrogen-bond acceptors (Lipinski definition) is 1. The number of hydrogen-bond donors (Lipinski definition) is 0. The normalized spacial score (nSPS) is 8.91. The molecule has 0 atom stereocenters. The number of unbranched alkanes of at least 4 members (excludes halogenated alkanes) is 3. The summed E-state index contributed by atoms with van der Waals surface area (Å²) >= 11 is 0. The van der Waals surface area contributed by atoms with Gasteiger partial charge in [0, 0.05) is 20.0 Å². The van der Waals surface area contributed by atoms with Gasteiger partial charge in [0.15, 0.2) is 0 Å². The summed E-state index contributed by atoms with van der Waals surface area (Å²) in [6.07, 6.45) is 5.28. The van der Waals surface area contributed by atoms with Crippen molar-refractivity contribution in [2.45, 2.75) is 32.1 Å². The van der Waals surface area contributed by atoms with Crippen molar-refractivity contribution in [3.8, 4) is 11.8 Å². The van der Waals surface area contributed by atoms with Crippen LogP contribution in [-0.2, 0) is 4.74 Å². The number of methoxy groups -OCH3 is 1. The van der Waals surface area contributed by atoms with Crippen LogP contribution < -0.4 is 0 Å². The Balaban J connectivity index is 2.99. The van der Waals surface area contributed by atoms with Gasteiger partial charge < -0.3 is 4.74 Å². The topological polar surface area (TPSA) is 9.23 Å². The lowest BCUT2D eigenvalue weighted by atomic mass is 10.2. The maximum atomic E-state index is 4.86. The Morgan fingerprint density at radius 3 is 2.55 bits per heavy atom. The third-order valence-electron chi connectivity index (χ3n) is 1.36. The lowest BCUT2D eigenvalue weighted by Gasteiger charge is -1.89. The van der Waals surface area contributed by atoms with Gasteiger partial charge in [0.2, 0.25) is 0 Å². The van der Waals surface area contributed by atoms with E-state index in [0.717, 1.165) is 25.9 Å². The highest BCUT2D eigenvalue weighted by molar-refractivity contribution is 4.98. The van der Waals surface area contributed by atoms with Crippen molar-refractivity contribution in [1.29, 1.82) is 0 Å². The van der Waals surface area contributed by atoms with Crippen molar-refractivity contribution in [3.05, 3.63) is 6.92 Å². The quantitative estimate of drug-likeness (QED) is 0.435. The van der Waals surface area contributed by atoms with Crippen molar-refractivity contribution < 1.29 is 4.74 Å². The van der Waals surface area contributed by atoms with Gasteiger partial charge >= 0.3 is 0 Å². The van der Waals surface area contributed by atoms with E-state index in [1.807, 2.05) is 0 Å². The van der Waals surface area contributed by atoms with Gasteiger partial charge in [-0.05, 0) is 6.42 Å². The first-order valence-electron chi connectivity index (χ1n) is 4.15. The molecular formula is C10H17O. The second-order valence-corrected chi connectivity index (χ2v) is 2.41. The standard InChI is InChI=1S/C10H17O/c1-3-4-5-6-7-8-9-10-11-2/h1,3-6,9-10H2,2H3. The molecule has 0 aliphatic heterocycles. The van der Waals surface area contributed by atoms with Crippen molar-refractivity contribution in [3.63, 3.8) is 0 Å². The molecule has 0 N–H and O–H groups in total. The van der Waals surface area contributed by atoms with E-state index in [0.29, 0.717) is 0 Å². The van der Waals surface area contributed by atoms with E-state index in [1.165, 1.54) is 12.8 Å². The van der Waals surface area contributed by atoms with Gasteiger partial charge in [-0.25, -0.2) is 0 Å². The summed E-state index contributed by atoms with van der Waals surface area (Å²) in [5.74, 6) is 6.15. The van der Waals surface area contributed by atoms with Crippen LogP contribution in [0.15, 0.2) is 0 Å². The summed E-state index contributed by atoms with van der Waals surface area (Å²) in [4.78, 5) is 0. The molecule has 0 aromatic carbocycles. The third kappa shape index (κ3) is 9.52. The van der Waals surface area contributed by atoms with E-state index in [-0.39, 0.29) is 0 Å². The van der Waals surface area contributed by atoms with Crippen LogP contribution in [0.3, 0.4) is 0 Å². The van der Waals surface area contributed by atoms with Crippen molar-refractivity contribution >= 4 is 0 Å². The molecule has 0 aliphatic rings. The average Bonchev–Trinajstić information content (AvgIpc) is 2.03. The molecule has 0 rings (SSSR count). The summed E-state index contributed by atoms with van der Waals surface area (Å²) in [6.45, 7) is 4.52. The smallest absolute Gasteiger partial charge is 0.0571 e. The zero-order chi connectivity index (χ0) is 8.36. The predicted molar refractivity (Wildman–Crippen MR) is 48.1 cm³/mol. The molecule has 0 unspecified atom stereocenters. The molecule has 0 spiro atoms. The van der Waals surface area contributed by atoms with E-state index in [2.05, 4.69) is 18.8 Å². The molecule has 0 aliphatic carbocycles. The molecule has 0 aromatic heterocycles. The molecule has 11 heavy (non-hydrogen) atoms. The Labute approximate surface area is 70.1 Å². The van der Waals surface area contributed by atoms with Gasteiger partial charge in [-0.3, -0.25) is 0 Å². The van der Waals surface area contributed by atoms with Crippen molar-refractivity contribution in [1.82, 2.24) is 0 Å². The molecule has 0 aromatic rings. The molecule has 1 heteroatoms. The first kappa shape index (κ1) is 10.5. The second-order valence-electron chi connectivity index (χ2n) is 2.41. The van der Waals surface area contributed by atoms with E-state index >= 15 is 0 Å². The molecule has 1 radical (unpaired) electrons. The highest BCUT2D eigenvalue weighted by Crippen LogP contribution is 1.96. The molecular weight excluding hydrogens is 136 g/mol. The molecule has 1 nitrogen and oxygen atoms in total. The molecule has 0 heterocycles. The van der Waals surface area contributed by atoms with Crippen LogP contribution in [0.2, 0.25) is 0 Å². The van der Waals surface area contributed by atoms with Crippen molar-refractivity contribution in [2.75, 3.05) is 13.7 Å². The van der Waals surface area contributed by atoms with Crippen LogP contribution in [0.1, 0.15) is 32.1 Å². The van der Waals surface area contributed by atoms with E-state index in [1.54, 1.807) is 7.11 Å². The Bertz CT molecular complexity index is 119. The van der Waals surface area contributed by atoms with Crippen LogP contribution in [0.4, 0.5) is 0 Å². The number of rotatable bonds is 5. The van der Waals surface area contributed by atoms with Crippen LogP contribution in [0.25, 0.3) is 0 Å². The lowest BCUT2D eigenvalue weighted by molar-refractivity contribution is 0.206. The van der Waals surface area contributed by atoms with Gasteiger partial charge in [-0.15, -0.1) is 11.8 Å². The Kier molecular flexibility index (Phi) is 9.10. The third-order valence-corrected chi connectivity index (χ3v) is 1.36. The first-order valence-corrected chi connectivity index (χ1v) is 4.15.